The molecule has 0 radical (unpaired) electrons. The van der Waals surface area contributed by atoms with Crippen molar-refractivity contribution in [3.63, 3.8) is 0 Å². The van der Waals surface area contributed by atoms with E-state index >= 15 is 0 Å². The van der Waals surface area contributed by atoms with Gasteiger partial charge in [0.2, 0.25) is 0 Å². The molecule has 84 valence electrons. The lowest BCUT2D eigenvalue weighted by molar-refractivity contribution is 0.169. The Morgan fingerprint density at radius 2 is 1.71 bits per heavy atom. The Kier molecular flexibility index (Phi) is 5.45. The zero-order chi connectivity index (χ0) is 10.3. The number of piperidine rings is 1. The second kappa shape index (κ2) is 6.38. The predicted molar refractivity (Wildman–Crippen MR) is 61.1 cm³/mol. The van der Waals surface area contributed by atoms with Gasteiger partial charge in [-0.1, -0.05) is 0 Å². The van der Waals surface area contributed by atoms with Gasteiger partial charge in [0.05, 0.1) is 0 Å². The Balaban J connectivity index is 2.39. The van der Waals surface area contributed by atoms with Gasteiger partial charge in [-0.05, 0) is 63.6 Å². The van der Waals surface area contributed by atoms with Gasteiger partial charge in [-0.3, -0.25) is 0 Å². The molecule has 0 spiro atoms. The average Bonchev–Trinajstić information content (AvgIpc) is 2.25. The molecule has 1 rings (SSSR count). The van der Waals surface area contributed by atoms with Crippen LogP contribution in [0.25, 0.3) is 0 Å². The Labute approximate surface area is 87.6 Å². The highest BCUT2D eigenvalue weighted by atomic mass is 14.9. The van der Waals surface area contributed by atoms with Crippen LogP contribution in [0, 0.1) is 5.41 Å². The number of hydrogen-bond acceptors (Lipinski definition) is 3. The lowest BCUT2D eigenvalue weighted by atomic mass is 9.73. The summed E-state index contributed by atoms with van der Waals surface area (Å²) in [6, 6.07) is 0. The number of rotatable bonds is 6. The van der Waals surface area contributed by atoms with Crippen LogP contribution in [-0.4, -0.2) is 26.2 Å². The van der Waals surface area contributed by atoms with Crippen molar-refractivity contribution in [3.05, 3.63) is 0 Å². The molecule has 0 aromatic rings. The number of nitrogens with two attached hydrogens (primary N) is 2. The van der Waals surface area contributed by atoms with Crippen LogP contribution in [0.3, 0.4) is 0 Å². The second-order valence-corrected chi connectivity index (χ2v) is 4.56. The van der Waals surface area contributed by atoms with Crippen molar-refractivity contribution in [1.82, 2.24) is 5.32 Å². The van der Waals surface area contributed by atoms with Crippen molar-refractivity contribution < 1.29 is 0 Å². The summed E-state index contributed by atoms with van der Waals surface area (Å²) in [5, 5.41) is 3.51. The minimum absolute atomic E-state index is 0.511. The summed E-state index contributed by atoms with van der Waals surface area (Å²) in [5.41, 5.74) is 11.7. The summed E-state index contributed by atoms with van der Waals surface area (Å²) in [6.07, 6.45) is 7.54. The highest BCUT2D eigenvalue weighted by molar-refractivity contribution is 4.85. The summed E-state index contributed by atoms with van der Waals surface area (Å²) in [6.45, 7) is 4.01. The largest absolute Gasteiger partial charge is 0.330 e. The minimum atomic E-state index is 0.511. The maximum Gasteiger partial charge on any atom is 0.000783 e. The van der Waals surface area contributed by atoms with Crippen molar-refractivity contribution in [1.29, 1.82) is 0 Å². The Morgan fingerprint density at radius 3 is 2.14 bits per heavy atom. The number of hydrogen-bond donors (Lipinski definition) is 3. The molecule has 1 fully saturated rings. The van der Waals surface area contributed by atoms with Crippen LogP contribution in [0.1, 0.15) is 38.5 Å². The van der Waals surface area contributed by atoms with Crippen LogP contribution in [0.4, 0.5) is 0 Å². The maximum absolute atomic E-state index is 5.59. The van der Waals surface area contributed by atoms with Gasteiger partial charge in [-0.15, -0.1) is 0 Å². The fourth-order valence-electron chi connectivity index (χ4n) is 2.54. The minimum Gasteiger partial charge on any atom is -0.330 e. The molecule has 5 N–H and O–H groups in total. The van der Waals surface area contributed by atoms with Crippen LogP contribution in [0.15, 0.2) is 0 Å². The topological polar surface area (TPSA) is 64.1 Å². The molecule has 0 bridgehead atoms. The molecule has 0 aliphatic carbocycles. The summed E-state index contributed by atoms with van der Waals surface area (Å²) >= 11 is 0. The van der Waals surface area contributed by atoms with E-state index < -0.39 is 0 Å². The highest BCUT2D eigenvalue weighted by Gasteiger charge is 2.30. The fourth-order valence-corrected chi connectivity index (χ4v) is 2.54. The monoisotopic (exact) mass is 199 g/mol. The van der Waals surface area contributed by atoms with E-state index in [0.29, 0.717) is 5.41 Å². The van der Waals surface area contributed by atoms with Crippen molar-refractivity contribution in [2.24, 2.45) is 16.9 Å². The molecule has 0 aromatic carbocycles. The molecule has 1 aliphatic heterocycles. The first kappa shape index (κ1) is 12.0. The van der Waals surface area contributed by atoms with E-state index in [1.807, 2.05) is 0 Å². The molecule has 1 heterocycles. The molecular weight excluding hydrogens is 174 g/mol. The van der Waals surface area contributed by atoms with E-state index in [2.05, 4.69) is 5.32 Å². The van der Waals surface area contributed by atoms with E-state index in [0.717, 1.165) is 25.9 Å². The quantitative estimate of drug-likeness (QED) is 0.594. The predicted octanol–water partition coefficient (Wildman–Crippen LogP) is 0.834. The van der Waals surface area contributed by atoms with Gasteiger partial charge in [-0.25, -0.2) is 0 Å². The third-order valence-electron chi connectivity index (χ3n) is 3.38. The van der Waals surface area contributed by atoms with Crippen LogP contribution in [0.2, 0.25) is 0 Å². The molecule has 14 heavy (non-hydrogen) atoms. The average molecular weight is 199 g/mol. The van der Waals surface area contributed by atoms with E-state index in [1.165, 1.54) is 38.8 Å². The summed E-state index contributed by atoms with van der Waals surface area (Å²) in [4.78, 5) is 0. The van der Waals surface area contributed by atoms with Crippen molar-refractivity contribution in [3.8, 4) is 0 Å². The third kappa shape index (κ3) is 3.56. The van der Waals surface area contributed by atoms with Crippen LogP contribution < -0.4 is 16.8 Å². The van der Waals surface area contributed by atoms with Crippen LogP contribution in [0.5, 0.6) is 0 Å². The molecule has 1 aliphatic rings. The third-order valence-corrected chi connectivity index (χ3v) is 3.38. The lowest BCUT2D eigenvalue weighted by Crippen LogP contribution is -2.40. The van der Waals surface area contributed by atoms with Crippen molar-refractivity contribution >= 4 is 0 Å². The Hall–Kier alpha value is -0.120. The Bertz CT molecular complexity index is 131. The smallest absolute Gasteiger partial charge is 0.000783 e. The van der Waals surface area contributed by atoms with E-state index in [9.17, 15) is 0 Å². The van der Waals surface area contributed by atoms with Crippen molar-refractivity contribution in [2.45, 2.75) is 38.5 Å². The SMILES string of the molecule is NCCCC1(CCCN)CCCNC1. The van der Waals surface area contributed by atoms with Gasteiger partial charge in [-0.2, -0.15) is 0 Å². The molecule has 0 saturated carbocycles. The van der Waals surface area contributed by atoms with E-state index in [1.54, 1.807) is 0 Å². The number of nitrogens with one attached hydrogen (secondary N) is 1. The first-order chi connectivity index (χ1) is 6.83. The zero-order valence-electron chi connectivity index (χ0n) is 9.23. The van der Waals surface area contributed by atoms with Gasteiger partial charge in [0.25, 0.3) is 0 Å². The van der Waals surface area contributed by atoms with Gasteiger partial charge in [0.1, 0.15) is 0 Å². The van der Waals surface area contributed by atoms with Crippen LogP contribution in [-0.2, 0) is 0 Å². The Morgan fingerprint density at radius 1 is 1.07 bits per heavy atom. The summed E-state index contributed by atoms with van der Waals surface area (Å²) in [7, 11) is 0. The molecule has 3 nitrogen and oxygen atoms in total. The molecule has 0 aromatic heterocycles. The van der Waals surface area contributed by atoms with E-state index in [-0.39, 0.29) is 0 Å². The van der Waals surface area contributed by atoms with E-state index in [4.69, 9.17) is 11.5 Å². The summed E-state index contributed by atoms with van der Waals surface area (Å²) < 4.78 is 0. The lowest BCUT2D eigenvalue weighted by Gasteiger charge is -2.38. The molecule has 1 saturated heterocycles. The first-order valence-corrected chi connectivity index (χ1v) is 5.94. The van der Waals surface area contributed by atoms with Gasteiger partial charge in [0, 0.05) is 6.54 Å². The normalized spacial score (nSPS) is 21.0. The molecular formula is C11H25N3. The first-order valence-electron chi connectivity index (χ1n) is 5.94. The molecule has 3 heteroatoms. The molecule has 0 unspecified atom stereocenters. The summed E-state index contributed by atoms with van der Waals surface area (Å²) in [5.74, 6) is 0. The second-order valence-electron chi connectivity index (χ2n) is 4.56. The fraction of sp³-hybridized carbons (Fsp3) is 1.00. The van der Waals surface area contributed by atoms with Gasteiger partial charge >= 0.3 is 0 Å². The molecule has 0 atom stereocenters. The van der Waals surface area contributed by atoms with Crippen LogP contribution >= 0.6 is 0 Å². The van der Waals surface area contributed by atoms with Gasteiger partial charge < -0.3 is 16.8 Å². The maximum atomic E-state index is 5.59. The standard InChI is InChI=1S/C11H25N3/c12-7-1-4-11(5-2-8-13)6-3-9-14-10-11/h14H,1-10,12-13H2. The van der Waals surface area contributed by atoms with Crippen molar-refractivity contribution in [2.75, 3.05) is 26.2 Å². The highest BCUT2D eigenvalue weighted by Crippen LogP contribution is 2.35. The zero-order valence-corrected chi connectivity index (χ0v) is 9.23. The molecule has 0 amide bonds. The van der Waals surface area contributed by atoms with Gasteiger partial charge in [0.15, 0.2) is 0 Å².